The van der Waals surface area contributed by atoms with Gasteiger partial charge in [0.15, 0.2) is 0 Å². The zero-order chi connectivity index (χ0) is 11.3. The number of hydrogen-bond acceptors (Lipinski definition) is 3. The molecule has 1 unspecified atom stereocenters. The number of rotatable bonds is 2. The molecule has 0 saturated heterocycles. The first-order chi connectivity index (χ1) is 6.88. The summed E-state index contributed by atoms with van der Waals surface area (Å²) in [6.07, 6.45) is 1.27. The smallest absolute Gasteiger partial charge is 0.272 e. The Balaban J connectivity index is 2.46. The molecule has 1 heterocycles. The monoisotopic (exact) mass is 213 g/mol. The van der Waals surface area contributed by atoms with Crippen LogP contribution in [-0.4, -0.2) is 25.0 Å². The molecule has 0 bridgehead atoms. The third-order valence-electron chi connectivity index (χ3n) is 2.72. The highest BCUT2D eigenvalue weighted by Gasteiger charge is 2.70. The summed E-state index contributed by atoms with van der Waals surface area (Å²) in [5.41, 5.74) is 4.56. The van der Waals surface area contributed by atoms with Crippen molar-refractivity contribution in [1.29, 1.82) is 0 Å². The number of halogens is 2. The Kier molecular flexibility index (Phi) is 1.98. The molecule has 2 rings (SSSR count). The van der Waals surface area contributed by atoms with Crippen molar-refractivity contribution in [3.8, 4) is 0 Å². The number of anilines is 1. The number of nitrogens with two attached hydrogens (primary N) is 1. The van der Waals surface area contributed by atoms with Crippen LogP contribution in [0.15, 0.2) is 18.3 Å². The third-order valence-corrected chi connectivity index (χ3v) is 2.72. The fourth-order valence-corrected chi connectivity index (χ4v) is 1.70. The average molecular weight is 213 g/mol. The highest BCUT2D eigenvalue weighted by Crippen LogP contribution is 2.58. The topological polar surface area (TPSA) is 42.2 Å². The minimum atomic E-state index is -2.80. The van der Waals surface area contributed by atoms with Crippen LogP contribution in [0.2, 0.25) is 0 Å². The quantitative estimate of drug-likeness (QED) is 0.806. The van der Waals surface area contributed by atoms with Crippen molar-refractivity contribution < 1.29 is 8.78 Å². The van der Waals surface area contributed by atoms with Gasteiger partial charge in [-0.05, 0) is 6.07 Å². The van der Waals surface area contributed by atoms with E-state index in [1.54, 1.807) is 37.3 Å². The molecule has 5 heteroatoms. The number of alkyl halides is 2. The molecule has 1 aliphatic rings. The molecule has 0 radical (unpaired) electrons. The second-order valence-corrected chi connectivity index (χ2v) is 4.12. The number of nitrogens with zero attached hydrogens (tertiary/aromatic N) is 2. The molecule has 1 atom stereocenters. The molecule has 0 aromatic carbocycles. The lowest BCUT2D eigenvalue weighted by Gasteiger charge is -2.19. The van der Waals surface area contributed by atoms with E-state index in [9.17, 15) is 8.78 Å². The fraction of sp³-hybridized carbons (Fsp3) is 0.500. The van der Waals surface area contributed by atoms with Crippen molar-refractivity contribution in [2.24, 2.45) is 5.73 Å². The van der Waals surface area contributed by atoms with Crippen LogP contribution in [0.5, 0.6) is 0 Å². The molecule has 3 nitrogen and oxygen atoms in total. The maximum Gasteiger partial charge on any atom is 0.272 e. The summed E-state index contributed by atoms with van der Waals surface area (Å²) in [6, 6.07) is 3.24. The van der Waals surface area contributed by atoms with Crippen LogP contribution in [0, 0.1) is 0 Å². The van der Waals surface area contributed by atoms with Gasteiger partial charge in [-0.25, -0.2) is 13.8 Å². The lowest BCUT2D eigenvalue weighted by molar-refractivity contribution is 0.0891. The first-order valence-electron chi connectivity index (χ1n) is 4.68. The van der Waals surface area contributed by atoms with Crippen LogP contribution < -0.4 is 10.6 Å². The van der Waals surface area contributed by atoms with Crippen molar-refractivity contribution in [1.82, 2.24) is 4.98 Å². The summed E-state index contributed by atoms with van der Waals surface area (Å²) < 4.78 is 26.3. The number of hydrogen-bond donors (Lipinski definition) is 1. The van der Waals surface area contributed by atoms with Gasteiger partial charge in [0, 0.05) is 32.3 Å². The van der Waals surface area contributed by atoms with Gasteiger partial charge in [0.1, 0.15) is 11.4 Å². The van der Waals surface area contributed by atoms with Crippen molar-refractivity contribution in [2.75, 3.05) is 19.0 Å². The van der Waals surface area contributed by atoms with Gasteiger partial charge in [-0.15, -0.1) is 0 Å². The second-order valence-electron chi connectivity index (χ2n) is 4.12. The van der Waals surface area contributed by atoms with Crippen LogP contribution >= 0.6 is 0 Å². The Morgan fingerprint density at radius 3 is 2.53 bits per heavy atom. The number of pyridine rings is 1. The lowest BCUT2D eigenvalue weighted by Crippen LogP contribution is -2.30. The van der Waals surface area contributed by atoms with E-state index in [-0.39, 0.29) is 6.42 Å². The first-order valence-corrected chi connectivity index (χ1v) is 4.68. The predicted molar refractivity (Wildman–Crippen MR) is 54.0 cm³/mol. The van der Waals surface area contributed by atoms with E-state index >= 15 is 0 Å². The van der Waals surface area contributed by atoms with E-state index < -0.39 is 11.5 Å². The molecule has 1 aromatic rings. The van der Waals surface area contributed by atoms with E-state index in [4.69, 9.17) is 5.73 Å². The normalized spacial score (nSPS) is 27.5. The zero-order valence-corrected chi connectivity index (χ0v) is 8.67. The van der Waals surface area contributed by atoms with Gasteiger partial charge in [0.25, 0.3) is 5.92 Å². The van der Waals surface area contributed by atoms with Crippen LogP contribution in [0.4, 0.5) is 14.6 Å². The van der Waals surface area contributed by atoms with E-state index in [0.29, 0.717) is 11.4 Å². The van der Waals surface area contributed by atoms with Crippen LogP contribution in [0.25, 0.3) is 0 Å². The van der Waals surface area contributed by atoms with Gasteiger partial charge in [-0.2, -0.15) is 0 Å². The van der Waals surface area contributed by atoms with Crippen molar-refractivity contribution in [3.05, 3.63) is 23.9 Å². The molecule has 1 fully saturated rings. The molecule has 0 amide bonds. The molecule has 1 aromatic heterocycles. The molecule has 0 aliphatic heterocycles. The predicted octanol–water partition coefficient (Wildman–Crippen LogP) is 1.34. The highest BCUT2D eigenvalue weighted by atomic mass is 19.3. The van der Waals surface area contributed by atoms with E-state index in [1.165, 1.54) is 0 Å². The fourth-order valence-electron chi connectivity index (χ4n) is 1.70. The van der Waals surface area contributed by atoms with E-state index in [2.05, 4.69) is 4.98 Å². The average Bonchev–Trinajstić information content (AvgIpc) is 2.67. The van der Waals surface area contributed by atoms with Crippen molar-refractivity contribution >= 4 is 5.82 Å². The molecule has 1 aliphatic carbocycles. The number of aromatic nitrogens is 1. The van der Waals surface area contributed by atoms with Crippen molar-refractivity contribution in [3.63, 3.8) is 0 Å². The summed E-state index contributed by atoms with van der Waals surface area (Å²) in [4.78, 5) is 5.76. The summed E-state index contributed by atoms with van der Waals surface area (Å²) >= 11 is 0. The van der Waals surface area contributed by atoms with Gasteiger partial charge >= 0.3 is 0 Å². The van der Waals surface area contributed by atoms with Crippen LogP contribution in [0.1, 0.15) is 12.0 Å². The summed E-state index contributed by atoms with van der Waals surface area (Å²) in [5, 5.41) is 0. The third kappa shape index (κ3) is 1.38. The molecule has 2 N–H and O–H groups in total. The van der Waals surface area contributed by atoms with Gasteiger partial charge in [-0.3, -0.25) is 0 Å². The van der Waals surface area contributed by atoms with E-state index in [1.807, 2.05) is 0 Å². The summed E-state index contributed by atoms with van der Waals surface area (Å²) in [5.74, 6) is -2.29. The molecular weight excluding hydrogens is 200 g/mol. The van der Waals surface area contributed by atoms with Gasteiger partial charge in [0.2, 0.25) is 0 Å². The molecule has 0 spiro atoms. The standard InChI is InChI=1S/C10H13F2N3/c1-15(2)8-7(4-3-5-14-8)9(13)6-10(9,11)12/h3-5H,6,13H2,1-2H3. The molecule has 15 heavy (non-hydrogen) atoms. The minimum absolute atomic E-state index is 0.299. The van der Waals surface area contributed by atoms with Gasteiger partial charge in [-0.1, -0.05) is 6.07 Å². The highest BCUT2D eigenvalue weighted by molar-refractivity contribution is 5.53. The molecular formula is C10H13F2N3. The Bertz CT molecular complexity index is 392. The Hall–Kier alpha value is -1.23. The Labute approximate surface area is 86.9 Å². The second kappa shape index (κ2) is 2.88. The van der Waals surface area contributed by atoms with Crippen LogP contribution in [0.3, 0.4) is 0 Å². The summed E-state index contributed by atoms with van der Waals surface area (Å²) in [7, 11) is 3.52. The largest absolute Gasteiger partial charge is 0.362 e. The lowest BCUT2D eigenvalue weighted by atomic mass is 10.1. The summed E-state index contributed by atoms with van der Waals surface area (Å²) in [6.45, 7) is 0. The first kappa shape index (κ1) is 10.3. The Morgan fingerprint density at radius 2 is 2.07 bits per heavy atom. The zero-order valence-electron chi connectivity index (χ0n) is 8.67. The van der Waals surface area contributed by atoms with Crippen LogP contribution in [-0.2, 0) is 5.54 Å². The SMILES string of the molecule is CN(C)c1ncccc1C1(N)CC1(F)F. The van der Waals surface area contributed by atoms with Gasteiger partial charge < -0.3 is 10.6 Å². The van der Waals surface area contributed by atoms with Gasteiger partial charge in [0.05, 0.1) is 0 Å². The molecule has 82 valence electrons. The minimum Gasteiger partial charge on any atom is -0.362 e. The molecule has 1 saturated carbocycles. The maximum absolute atomic E-state index is 13.1. The maximum atomic E-state index is 13.1. The van der Waals surface area contributed by atoms with E-state index in [0.717, 1.165) is 0 Å². The Morgan fingerprint density at radius 1 is 1.47 bits per heavy atom. The van der Waals surface area contributed by atoms with Crippen molar-refractivity contribution in [2.45, 2.75) is 17.9 Å².